The summed E-state index contributed by atoms with van der Waals surface area (Å²) in [6.07, 6.45) is 5.19. The Morgan fingerprint density at radius 2 is 2.08 bits per heavy atom. The SMILES string of the molecule is Nc1nc(N2C[C@H]3CNC[C@H]32)c2ccc3c(c2n1)C1CCCCC1O3. The van der Waals surface area contributed by atoms with Gasteiger partial charge >= 0.3 is 0 Å². The maximum atomic E-state index is 6.24. The fourth-order valence-electron chi connectivity index (χ4n) is 5.37. The lowest BCUT2D eigenvalue weighted by atomic mass is 9.82. The molecule has 3 fully saturated rings. The van der Waals surface area contributed by atoms with Crippen LogP contribution in [0.1, 0.15) is 37.2 Å². The van der Waals surface area contributed by atoms with E-state index in [-0.39, 0.29) is 0 Å². The average molecular weight is 337 g/mol. The molecule has 1 aliphatic carbocycles. The van der Waals surface area contributed by atoms with Crippen molar-refractivity contribution < 1.29 is 4.74 Å². The van der Waals surface area contributed by atoms with E-state index in [1.807, 2.05) is 0 Å². The van der Waals surface area contributed by atoms with Crippen LogP contribution in [0.25, 0.3) is 10.9 Å². The van der Waals surface area contributed by atoms with E-state index in [9.17, 15) is 0 Å². The molecule has 6 nitrogen and oxygen atoms in total. The molecule has 3 N–H and O–H groups in total. The number of fused-ring (bicyclic) bond motifs is 6. The van der Waals surface area contributed by atoms with E-state index in [1.165, 1.54) is 24.8 Å². The highest BCUT2D eigenvalue weighted by Crippen LogP contribution is 2.49. The quantitative estimate of drug-likeness (QED) is 0.829. The lowest BCUT2D eigenvalue weighted by molar-refractivity contribution is 0.164. The summed E-state index contributed by atoms with van der Waals surface area (Å²) in [7, 11) is 0. The molecule has 4 atom stereocenters. The number of nitrogens with one attached hydrogen (secondary N) is 1. The number of aromatic nitrogens is 2. The van der Waals surface area contributed by atoms with Crippen molar-refractivity contribution in [3.8, 4) is 5.75 Å². The predicted octanol–water partition coefficient (Wildman–Crippen LogP) is 2.04. The van der Waals surface area contributed by atoms with Crippen LogP contribution in [-0.4, -0.2) is 41.7 Å². The second kappa shape index (κ2) is 4.97. The smallest absolute Gasteiger partial charge is 0.222 e. The summed E-state index contributed by atoms with van der Waals surface area (Å²) in [4.78, 5) is 11.7. The summed E-state index contributed by atoms with van der Waals surface area (Å²) < 4.78 is 6.24. The number of hydrogen-bond acceptors (Lipinski definition) is 6. The first kappa shape index (κ1) is 14.1. The van der Waals surface area contributed by atoms with Crippen molar-refractivity contribution in [2.24, 2.45) is 5.92 Å². The topological polar surface area (TPSA) is 76.3 Å². The van der Waals surface area contributed by atoms with Crippen LogP contribution in [0.15, 0.2) is 12.1 Å². The van der Waals surface area contributed by atoms with Crippen LogP contribution in [0.3, 0.4) is 0 Å². The third kappa shape index (κ3) is 1.89. The molecule has 4 aliphatic rings. The van der Waals surface area contributed by atoms with E-state index in [0.29, 0.717) is 24.0 Å². The molecule has 130 valence electrons. The van der Waals surface area contributed by atoms with Gasteiger partial charge in [-0.2, -0.15) is 4.98 Å². The van der Waals surface area contributed by atoms with Gasteiger partial charge in [-0.3, -0.25) is 0 Å². The Balaban J connectivity index is 1.52. The summed E-state index contributed by atoms with van der Waals surface area (Å²) in [5, 5.41) is 4.62. The molecule has 2 saturated heterocycles. The number of benzene rings is 1. The largest absolute Gasteiger partial charge is 0.489 e. The van der Waals surface area contributed by atoms with Crippen molar-refractivity contribution in [2.45, 2.75) is 43.7 Å². The van der Waals surface area contributed by atoms with Gasteiger partial charge in [-0.05, 0) is 31.4 Å². The van der Waals surface area contributed by atoms with E-state index in [1.54, 1.807) is 0 Å². The molecule has 1 aromatic heterocycles. The first-order valence-corrected chi connectivity index (χ1v) is 9.54. The normalized spacial score (nSPS) is 32.7. The van der Waals surface area contributed by atoms with Gasteiger partial charge in [0, 0.05) is 48.5 Å². The van der Waals surface area contributed by atoms with Gasteiger partial charge in [0.25, 0.3) is 0 Å². The van der Waals surface area contributed by atoms with Crippen LogP contribution in [0.4, 0.5) is 11.8 Å². The second-order valence-electron chi connectivity index (χ2n) is 7.96. The van der Waals surface area contributed by atoms with E-state index < -0.39 is 0 Å². The Morgan fingerprint density at radius 1 is 1.16 bits per heavy atom. The number of rotatable bonds is 1. The minimum atomic E-state index is 0.321. The van der Waals surface area contributed by atoms with E-state index in [2.05, 4.69) is 32.3 Å². The number of nitrogens with two attached hydrogens (primary N) is 1. The predicted molar refractivity (Wildman–Crippen MR) is 97.1 cm³/mol. The maximum absolute atomic E-state index is 6.24. The van der Waals surface area contributed by atoms with Crippen molar-refractivity contribution in [1.29, 1.82) is 0 Å². The average Bonchev–Trinajstić information content (AvgIpc) is 3.15. The molecule has 25 heavy (non-hydrogen) atoms. The molecule has 1 aromatic carbocycles. The summed E-state index contributed by atoms with van der Waals surface area (Å²) >= 11 is 0. The Labute approximate surface area is 146 Å². The van der Waals surface area contributed by atoms with E-state index in [4.69, 9.17) is 10.5 Å². The fourth-order valence-corrected chi connectivity index (χ4v) is 5.37. The van der Waals surface area contributed by atoms with Gasteiger partial charge in [0.2, 0.25) is 5.95 Å². The molecule has 0 bridgehead atoms. The first-order valence-electron chi connectivity index (χ1n) is 9.54. The molecule has 6 heteroatoms. The molecule has 1 saturated carbocycles. The molecule has 2 unspecified atom stereocenters. The van der Waals surface area contributed by atoms with Crippen LogP contribution >= 0.6 is 0 Å². The molecule has 3 aliphatic heterocycles. The minimum absolute atomic E-state index is 0.321. The molecule has 6 rings (SSSR count). The van der Waals surface area contributed by atoms with Crippen LogP contribution in [0.2, 0.25) is 0 Å². The summed E-state index contributed by atoms with van der Waals surface area (Å²) in [6, 6.07) is 4.81. The monoisotopic (exact) mass is 337 g/mol. The lowest BCUT2D eigenvalue weighted by Crippen LogP contribution is -2.56. The first-order chi connectivity index (χ1) is 12.3. The number of nitrogen functional groups attached to an aromatic ring is 1. The zero-order valence-corrected chi connectivity index (χ0v) is 14.2. The van der Waals surface area contributed by atoms with Gasteiger partial charge < -0.3 is 20.7 Å². The molecule has 0 spiro atoms. The second-order valence-corrected chi connectivity index (χ2v) is 7.96. The molecule has 0 radical (unpaired) electrons. The van der Waals surface area contributed by atoms with Crippen LogP contribution in [0.5, 0.6) is 5.75 Å². The Bertz CT molecular complexity index is 869. The molecular weight excluding hydrogens is 314 g/mol. The summed E-state index contributed by atoms with van der Waals surface area (Å²) in [5.41, 5.74) is 8.43. The van der Waals surface area contributed by atoms with Crippen LogP contribution in [-0.2, 0) is 0 Å². The summed E-state index contributed by atoms with van der Waals surface area (Å²) in [5.74, 6) is 3.61. The minimum Gasteiger partial charge on any atom is -0.489 e. The highest BCUT2D eigenvalue weighted by Gasteiger charge is 2.44. The highest BCUT2D eigenvalue weighted by atomic mass is 16.5. The number of hydrogen-bond donors (Lipinski definition) is 2. The fraction of sp³-hybridized carbons (Fsp3) is 0.579. The van der Waals surface area contributed by atoms with Crippen LogP contribution < -0.4 is 20.7 Å². The zero-order valence-electron chi connectivity index (χ0n) is 14.2. The van der Waals surface area contributed by atoms with Crippen LogP contribution in [0, 0.1) is 5.92 Å². The Kier molecular flexibility index (Phi) is 2.81. The van der Waals surface area contributed by atoms with E-state index >= 15 is 0 Å². The third-order valence-corrected chi connectivity index (χ3v) is 6.62. The summed E-state index contributed by atoms with van der Waals surface area (Å²) in [6.45, 7) is 3.21. The third-order valence-electron chi connectivity index (χ3n) is 6.62. The standard InChI is InChI=1S/C19H23N5O/c20-19-22-17-12(18(23-19)24-9-10-7-21-8-13(10)24)5-6-15-16(17)11-3-1-2-4-14(11)25-15/h5-6,10-11,13-14,21H,1-4,7-9H2,(H2,20,22,23)/t10-,11?,13-,14?/m1/s1. The van der Waals surface area contributed by atoms with Crippen molar-refractivity contribution in [3.63, 3.8) is 0 Å². The number of nitrogens with zero attached hydrogens (tertiary/aromatic N) is 3. The Morgan fingerprint density at radius 3 is 3.00 bits per heavy atom. The molecule has 2 aromatic rings. The van der Waals surface area contributed by atoms with Gasteiger partial charge in [0.15, 0.2) is 0 Å². The lowest BCUT2D eigenvalue weighted by Gasteiger charge is -2.45. The van der Waals surface area contributed by atoms with Gasteiger partial charge in [-0.15, -0.1) is 0 Å². The van der Waals surface area contributed by atoms with Crippen molar-refractivity contribution in [1.82, 2.24) is 15.3 Å². The molecule has 0 amide bonds. The van der Waals surface area contributed by atoms with Gasteiger partial charge in [-0.1, -0.05) is 6.42 Å². The maximum Gasteiger partial charge on any atom is 0.222 e. The van der Waals surface area contributed by atoms with Crippen molar-refractivity contribution >= 4 is 22.7 Å². The Hall–Kier alpha value is -2.08. The van der Waals surface area contributed by atoms with Crippen molar-refractivity contribution in [2.75, 3.05) is 30.3 Å². The molecule has 4 heterocycles. The van der Waals surface area contributed by atoms with Gasteiger partial charge in [0.1, 0.15) is 17.7 Å². The van der Waals surface area contributed by atoms with Gasteiger partial charge in [-0.25, -0.2) is 4.98 Å². The number of ether oxygens (including phenoxy) is 1. The van der Waals surface area contributed by atoms with E-state index in [0.717, 1.165) is 54.4 Å². The number of anilines is 2. The van der Waals surface area contributed by atoms with Gasteiger partial charge in [0.05, 0.1) is 5.52 Å². The highest BCUT2D eigenvalue weighted by molar-refractivity contribution is 5.95. The molecular formula is C19H23N5O. The van der Waals surface area contributed by atoms with Crippen molar-refractivity contribution in [3.05, 3.63) is 17.7 Å². The zero-order chi connectivity index (χ0) is 16.5.